The summed E-state index contributed by atoms with van der Waals surface area (Å²) in [4.78, 5) is 39.1. The molecule has 0 aromatic heterocycles. The quantitative estimate of drug-likeness (QED) is 0.0299. The number of carbonyl (C=O) groups excluding carboxylic acids is 3. The van der Waals surface area contributed by atoms with Crippen molar-refractivity contribution in [2.75, 3.05) is 31.2 Å². The highest BCUT2D eigenvalue weighted by atomic mass is 16.5. The number of esters is 3. The van der Waals surface area contributed by atoms with Crippen molar-refractivity contribution in [3.8, 4) is 5.75 Å². The third-order valence-electron chi connectivity index (χ3n) is 12.0. The largest absolute Gasteiger partial charge is 0.465 e. The first-order valence-electron chi connectivity index (χ1n) is 22.3. The Balaban J connectivity index is 0.881. The molecule has 0 unspecified atom stereocenters. The van der Waals surface area contributed by atoms with Gasteiger partial charge in [0.1, 0.15) is 5.75 Å². The molecule has 0 radical (unpaired) electrons. The van der Waals surface area contributed by atoms with Crippen LogP contribution in [0.5, 0.6) is 5.75 Å². The second kappa shape index (κ2) is 23.7. The first-order valence-corrected chi connectivity index (χ1v) is 22.3. The molecule has 4 aromatic rings. The second-order valence-corrected chi connectivity index (χ2v) is 16.2. The molecule has 0 N–H and O–H groups in total. The molecular formula is C50H59N7O6. The van der Waals surface area contributed by atoms with Crippen LogP contribution in [0.4, 0.5) is 39.8 Å². The Morgan fingerprint density at radius 1 is 0.587 bits per heavy atom. The SMILES string of the molecule is C=CC(=O)OCCCCOC(=O)C1CCC(C2CCC(C(=O)Oc3ccc(N=Nc4ccc(N=Nc5ccc(N=Nc6ccc(N(CC)CC)cc6)cc5C)cc4)cc3)CC2)CC1. The Bertz CT molecular complexity index is 2200. The molecule has 6 rings (SSSR count). The van der Waals surface area contributed by atoms with Crippen LogP contribution in [0.3, 0.4) is 0 Å². The minimum Gasteiger partial charge on any atom is -0.465 e. The lowest BCUT2D eigenvalue weighted by Crippen LogP contribution is -2.31. The summed E-state index contributed by atoms with van der Waals surface area (Å²) in [6.45, 7) is 12.2. The molecule has 0 heterocycles. The van der Waals surface area contributed by atoms with Gasteiger partial charge in [-0.1, -0.05) is 6.58 Å². The molecule has 0 bridgehead atoms. The average Bonchev–Trinajstić information content (AvgIpc) is 3.32. The number of aryl methyl sites for hydroxylation is 1. The molecule has 0 atom stereocenters. The van der Waals surface area contributed by atoms with E-state index in [-0.39, 0.29) is 23.8 Å². The van der Waals surface area contributed by atoms with Crippen molar-refractivity contribution >= 4 is 57.7 Å². The van der Waals surface area contributed by atoms with Gasteiger partial charge in [0.15, 0.2) is 0 Å². The fraction of sp³-hybridized carbons (Fsp3) is 0.420. The van der Waals surface area contributed by atoms with Crippen molar-refractivity contribution < 1.29 is 28.6 Å². The summed E-state index contributed by atoms with van der Waals surface area (Å²) in [6.07, 6.45) is 9.77. The first kappa shape index (κ1) is 46.1. The first-order chi connectivity index (χ1) is 30.7. The molecular weight excluding hydrogens is 795 g/mol. The standard InChI is InChI=1S/C50H59N7O6/c1-5-48(58)61-32-8-9-33-62-49(59)38-14-10-36(11-15-38)37-12-16-39(17-13-37)50(60)63-46-29-24-43(25-30-46)52-51-40-18-20-41(21-19-40)54-56-47-31-26-44(34-35(47)4)55-53-42-22-27-45(28-23-42)57(6-2)7-3/h5,18-31,34,36-39H,1,6-17,32-33H2,2-4H3. The van der Waals surface area contributed by atoms with Crippen LogP contribution in [0.2, 0.25) is 0 Å². The van der Waals surface area contributed by atoms with Crippen molar-refractivity contribution in [2.45, 2.75) is 85.0 Å². The summed E-state index contributed by atoms with van der Waals surface area (Å²) >= 11 is 0. The van der Waals surface area contributed by atoms with Crippen LogP contribution in [0.25, 0.3) is 0 Å². The smallest absolute Gasteiger partial charge is 0.330 e. The summed E-state index contributed by atoms with van der Waals surface area (Å²) in [5.74, 6) is 0.723. The van der Waals surface area contributed by atoms with Gasteiger partial charge in [0.05, 0.1) is 59.2 Å². The van der Waals surface area contributed by atoms with Crippen molar-refractivity contribution in [1.82, 2.24) is 0 Å². The van der Waals surface area contributed by atoms with E-state index in [4.69, 9.17) is 14.2 Å². The fourth-order valence-corrected chi connectivity index (χ4v) is 8.22. The van der Waals surface area contributed by atoms with Gasteiger partial charge in [-0.25, -0.2) is 4.79 Å². The number of nitrogens with zero attached hydrogens (tertiary/aromatic N) is 7. The molecule has 2 aliphatic carbocycles. The summed E-state index contributed by atoms with van der Waals surface area (Å²) in [5, 5.41) is 26.4. The van der Waals surface area contributed by atoms with E-state index in [2.05, 4.69) is 68.1 Å². The van der Waals surface area contributed by atoms with Crippen LogP contribution >= 0.6 is 0 Å². The Morgan fingerprint density at radius 3 is 1.54 bits per heavy atom. The van der Waals surface area contributed by atoms with Crippen LogP contribution in [-0.2, 0) is 23.9 Å². The van der Waals surface area contributed by atoms with Crippen LogP contribution in [0, 0.1) is 30.6 Å². The Kier molecular flexibility index (Phi) is 17.4. The van der Waals surface area contributed by atoms with E-state index in [9.17, 15) is 14.4 Å². The maximum Gasteiger partial charge on any atom is 0.330 e. The summed E-state index contributed by atoms with van der Waals surface area (Å²) in [5.41, 5.74) is 6.37. The summed E-state index contributed by atoms with van der Waals surface area (Å²) in [6, 6.07) is 28.2. The minimum atomic E-state index is -0.440. The maximum absolute atomic E-state index is 13.1. The molecule has 2 aliphatic rings. The summed E-state index contributed by atoms with van der Waals surface area (Å²) in [7, 11) is 0. The lowest BCUT2D eigenvalue weighted by Gasteiger charge is -2.36. The van der Waals surface area contributed by atoms with Gasteiger partial charge in [-0.15, -0.1) is 0 Å². The van der Waals surface area contributed by atoms with Crippen LogP contribution in [0.15, 0.2) is 134 Å². The highest BCUT2D eigenvalue weighted by Crippen LogP contribution is 2.42. The number of unbranched alkanes of at least 4 members (excludes halogenated alkanes) is 1. The van der Waals surface area contributed by atoms with E-state index >= 15 is 0 Å². The molecule has 0 saturated heterocycles. The van der Waals surface area contributed by atoms with E-state index in [1.807, 2.05) is 61.5 Å². The number of ether oxygens (including phenoxy) is 3. The molecule has 13 heteroatoms. The number of hydrogen-bond donors (Lipinski definition) is 0. The monoisotopic (exact) mass is 853 g/mol. The second-order valence-electron chi connectivity index (χ2n) is 16.2. The zero-order valence-electron chi connectivity index (χ0n) is 36.7. The van der Waals surface area contributed by atoms with Gasteiger partial charge >= 0.3 is 17.9 Å². The van der Waals surface area contributed by atoms with Gasteiger partial charge in [0.25, 0.3) is 0 Å². The number of benzene rings is 4. The van der Waals surface area contributed by atoms with E-state index in [0.29, 0.717) is 60.7 Å². The van der Waals surface area contributed by atoms with Gasteiger partial charge < -0.3 is 19.1 Å². The van der Waals surface area contributed by atoms with Crippen molar-refractivity contribution in [3.05, 3.63) is 109 Å². The zero-order valence-corrected chi connectivity index (χ0v) is 36.7. The van der Waals surface area contributed by atoms with E-state index in [0.717, 1.165) is 93.2 Å². The lowest BCUT2D eigenvalue weighted by molar-refractivity contribution is -0.151. The van der Waals surface area contributed by atoms with Gasteiger partial charge in [-0.3, -0.25) is 9.59 Å². The number of anilines is 1. The predicted molar refractivity (Wildman–Crippen MR) is 244 cm³/mol. The van der Waals surface area contributed by atoms with Crippen molar-refractivity contribution in [1.29, 1.82) is 0 Å². The van der Waals surface area contributed by atoms with Gasteiger partial charge in [0, 0.05) is 24.9 Å². The topological polar surface area (TPSA) is 156 Å². The third-order valence-corrected chi connectivity index (χ3v) is 12.0. The maximum atomic E-state index is 13.1. The molecule has 13 nitrogen and oxygen atoms in total. The Labute approximate surface area is 370 Å². The molecule has 330 valence electrons. The number of hydrogen-bond acceptors (Lipinski definition) is 13. The number of carbonyl (C=O) groups is 3. The summed E-state index contributed by atoms with van der Waals surface area (Å²) < 4.78 is 16.2. The highest BCUT2D eigenvalue weighted by molar-refractivity contribution is 5.81. The molecule has 0 aliphatic heterocycles. The lowest BCUT2D eigenvalue weighted by atomic mass is 9.69. The van der Waals surface area contributed by atoms with E-state index in [1.54, 1.807) is 24.3 Å². The van der Waals surface area contributed by atoms with Crippen LogP contribution in [0.1, 0.15) is 83.6 Å². The number of rotatable bonds is 19. The van der Waals surface area contributed by atoms with Gasteiger partial charge in [-0.05, 0) is 193 Å². The molecule has 2 saturated carbocycles. The highest BCUT2D eigenvalue weighted by Gasteiger charge is 2.35. The Morgan fingerprint density at radius 2 is 1.03 bits per heavy atom. The van der Waals surface area contributed by atoms with Gasteiger partial charge in [0.2, 0.25) is 0 Å². The number of azo groups is 3. The van der Waals surface area contributed by atoms with E-state index in [1.165, 1.54) is 5.69 Å². The normalized spacial score (nSPS) is 19.0. The van der Waals surface area contributed by atoms with Gasteiger partial charge in [-0.2, -0.15) is 30.7 Å². The van der Waals surface area contributed by atoms with Crippen LogP contribution in [-0.4, -0.2) is 44.2 Å². The predicted octanol–water partition coefficient (Wildman–Crippen LogP) is 13.7. The minimum absolute atomic E-state index is 0.0480. The molecule has 0 amide bonds. The molecule has 4 aromatic carbocycles. The van der Waals surface area contributed by atoms with Crippen molar-refractivity contribution in [2.24, 2.45) is 54.4 Å². The van der Waals surface area contributed by atoms with Crippen molar-refractivity contribution in [3.63, 3.8) is 0 Å². The van der Waals surface area contributed by atoms with Crippen LogP contribution < -0.4 is 9.64 Å². The third kappa shape index (κ3) is 14.1. The fourth-order valence-electron chi connectivity index (χ4n) is 8.22. The van der Waals surface area contributed by atoms with E-state index < -0.39 is 5.97 Å². The molecule has 0 spiro atoms. The zero-order chi connectivity index (χ0) is 44.4. The molecule has 2 fully saturated rings. The molecule has 63 heavy (non-hydrogen) atoms. The average molecular weight is 854 g/mol. The Hall–Kier alpha value is -6.37.